The topological polar surface area (TPSA) is 25.2 Å². The van der Waals surface area contributed by atoms with E-state index in [4.69, 9.17) is 16.0 Å². The predicted molar refractivity (Wildman–Crippen MR) is 75.0 cm³/mol. The summed E-state index contributed by atoms with van der Waals surface area (Å²) >= 11 is 5.82. The van der Waals surface area contributed by atoms with Gasteiger partial charge in [0.2, 0.25) is 0 Å². The van der Waals surface area contributed by atoms with E-state index in [0.717, 1.165) is 24.1 Å². The minimum absolute atomic E-state index is 0.179. The van der Waals surface area contributed by atoms with E-state index in [1.807, 2.05) is 19.1 Å². The number of aryl methyl sites for hydroxylation is 1. The second-order valence-corrected chi connectivity index (χ2v) is 4.96. The first-order chi connectivity index (χ1) is 9.10. The second kappa shape index (κ2) is 6.22. The summed E-state index contributed by atoms with van der Waals surface area (Å²) in [6.45, 7) is 4.77. The van der Waals surface area contributed by atoms with Gasteiger partial charge in [0.1, 0.15) is 11.6 Å². The zero-order chi connectivity index (χ0) is 13.8. The number of halogens is 2. The molecular formula is C15H17ClFNO. The van der Waals surface area contributed by atoms with Crippen LogP contribution in [0.25, 0.3) is 0 Å². The lowest BCUT2D eigenvalue weighted by atomic mass is 10.0. The van der Waals surface area contributed by atoms with Gasteiger partial charge < -0.3 is 9.73 Å². The standard InChI is InChI=1S/C15H17ClFNO/c1-3-6-18-15(13-4-5-14(16)19-13)11-7-10(2)8-12(17)9-11/h4-5,7-9,15,18H,3,6H2,1-2H3. The van der Waals surface area contributed by atoms with Gasteiger partial charge >= 0.3 is 0 Å². The van der Waals surface area contributed by atoms with E-state index in [1.54, 1.807) is 6.07 Å². The highest BCUT2D eigenvalue weighted by molar-refractivity contribution is 6.28. The van der Waals surface area contributed by atoms with Gasteiger partial charge in [0, 0.05) is 0 Å². The molecule has 1 atom stereocenters. The molecule has 1 N–H and O–H groups in total. The van der Waals surface area contributed by atoms with Gasteiger partial charge in [0.15, 0.2) is 5.22 Å². The molecule has 1 aromatic carbocycles. The zero-order valence-corrected chi connectivity index (χ0v) is 11.8. The maximum Gasteiger partial charge on any atom is 0.193 e. The lowest BCUT2D eigenvalue weighted by Crippen LogP contribution is -2.23. The number of benzene rings is 1. The van der Waals surface area contributed by atoms with Crippen LogP contribution in [0.3, 0.4) is 0 Å². The van der Waals surface area contributed by atoms with Gasteiger partial charge in [0.25, 0.3) is 0 Å². The average molecular weight is 282 g/mol. The van der Waals surface area contributed by atoms with Gasteiger partial charge in [-0.2, -0.15) is 0 Å². The molecule has 1 aromatic heterocycles. The molecule has 102 valence electrons. The Morgan fingerprint density at radius 2 is 2.11 bits per heavy atom. The molecule has 0 fully saturated rings. The number of nitrogens with one attached hydrogen (secondary N) is 1. The largest absolute Gasteiger partial charge is 0.448 e. The molecule has 0 aliphatic heterocycles. The van der Waals surface area contributed by atoms with E-state index in [-0.39, 0.29) is 11.9 Å². The molecule has 0 saturated carbocycles. The Bertz CT molecular complexity index is 533. The Hall–Kier alpha value is -1.32. The molecule has 1 unspecified atom stereocenters. The maximum absolute atomic E-state index is 13.5. The maximum atomic E-state index is 13.5. The first-order valence-electron chi connectivity index (χ1n) is 6.36. The molecule has 2 nitrogen and oxygen atoms in total. The summed E-state index contributed by atoms with van der Waals surface area (Å²) in [7, 11) is 0. The smallest absolute Gasteiger partial charge is 0.193 e. The Labute approximate surface area is 117 Å². The SMILES string of the molecule is CCCNC(c1cc(C)cc(F)c1)c1ccc(Cl)o1. The van der Waals surface area contributed by atoms with Crippen molar-refractivity contribution in [2.24, 2.45) is 0 Å². The van der Waals surface area contributed by atoms with E-state index in [1.165, 1.54) is 12.1 Å². The van der Waals surface area contributed by atoms with Crippen LogP contribution in [0.5, 0.6) is 0 Å². The van der Waals surface area contributed by atoms with Crippen molar-refractivity contribution in [2.45, 2.75) is 26.3 Å². The number of hydrogen-bond acceptors (Lipinski definition) is 2. The quantitative estimate of drug-likeness (QED) is 0.875. The van der Waals surface area contributed by atoms with Crippen LogP contribution in [0.2, 0.25) is 5.22 Å². The summed E-state index contributed by atoms with van der Waals surface area (Å²) in [5.41, 5.74) is 1.73. The zero-order valence-electron chi connectivity index (χ0n) is 11.0. The molecule has 2 aromatic rings. The lowest BCUT2D eigenvalue weighted by Gasteiger charge is -2.17. The van der Waals surface area contributed by atoms with Crippen molar-refractivity contribution in [2.75, 3.05) is 6.54 Å². The third-order valence-corrected chi connectivity index (χ3v) is 3.08. The highest BCUT2D eigenvalue weighted by Crippen LogP contribution is 2.27. The van der Waals surface area contributed by atoms with E-state index >= 15 is 0 Å². The van der Waals surface area contributed by atoms with E-state index < -0.39 is 0 Å². The van der Waals surface area contributed by atoms with Crippen LogP contribution in [0.4, 0.5) is 4.39 Å². The summed E-state index contributed by atoms with van der Waals surface area (Å²) < 4.78 is 19.0. The average Bonchev–Trinajstić information content (AvgIpc) is 2.75. The van der Waals surface area contributed by atoms with Crippen LogP contribution in [0.15, 0.2) is 34.7 Å². The van der Waals surface area contributed by atoms with Crippen molar-refractivity contribution in [1.29, 1.82) is 0 Å². The molecule has 4 heteroatoms. The Morgan fingerprint density at radius 3 is 2.68 bits per heavy atom. The second-order valence-electron chi connectivity index (χ2n) is 4.59. The Balaban J connectivity index is 2.36. The highest BCUT2D eigenvalue weighted by atomic mass is 35.5. The number of hydrogen-bond donors (Lipinski definition) is 1. The molecule has 1 heterocycles. The molecule has 0 aliphatic carbocycles. The third-order valence-electron chi connectivity index (χ3n) is 2.87. The first-order valence-corrected chi connectivity index (χ1v) is 6.73. The molecule has 19 heavy (non-hydrogen) atoms. The highest BCUT2D eigenvalue weighted by Gasteiger charge is 2.18. The molecule has 0 bridgehead atoms. The van der Waals surface area contributed by atoms with Crippen molar-refractivity contribution in [3.8, 4) is 0 Å². The van der Waals surface area contributed by atoms with Crippen molar-refractivity contribution in [1.82, 2.24) is 5.32 Å². The fourth-order valence-electron chi connectivity index (χ4n) is 2.09. The monoisotopic (exact) mass is 281 g/mol. The van der Waals surface area contributed by atoms with Crippen molar-refractivity contribution < 1.29 is 8.81 Å². The van der Waals surface area contributed by atoms with E-state index in [9.17, 15) is 4.39 Å². The Kier molecular flexibility index (Phi) is 4.61. The van der Waals surface area contributed by atoms with Gasteiger partial charge in [-0.3, -0.25) is 0 Å². The normalized spacial score (nSPS) is 12.6. The summed E-state index contributed by atoms with van der Waals surface area (Å²) in [6.07, 6.45) is 0.985. The van der Waals surface area contributed by atoms with Crippen molar-refractivity contribution in [3.63, 3.8) is 0 Å². The predicted octanol–water partition coefficient (Wildman–Crippen LogP) is 4.47. The van der Waals surface area contributed by atoms with Crippen LogP contribution in [0.1, 0.15) is 36.3 Å². The summed E-state index contributed by atoms with van der Waals surface area (Å²) in [5, 5.41) is 3.69. The molecule has 0 radical (unpaired) electrons. The van der Waals surface area contributed by atoms with Crippen LogP contribution >= 0.6 is 11.6 Å². The van der Waals surface area contributed by atoms with Crippen LogP contribution in [-0.2, 0) is 0 Å². The lowest BCUT2D eigenvalue weighted by molar-refractivity contribution is 0.446. The molecule has 0 aliphatic rings. The van der Waals surface area contributed by atoms with Gasteiger partial charge in [-0.25, -0.2) is 4.39 Å². The number of furan rings is 1. The summed E-state index contributed by atoms with van der Waals surface area (Å²) in [4.78, 5) is 0. The van der Waals surface area contributed by atoms with Crippen LogP contribution in [0, 0.1) is 12.7 Å². The van der Waals surface area contributed by atoms with Gasteiger partial charge in [-0.1, -0.05) is 13.0 Å². The summed E-state index contributed by atoms with van der Waals surface area (Å²) in [6, 6.07) is 8.32. The minimum atomic E-state index is -0.240. The molecule has 2 rings (SSSR count). The minimum Gasteiger partial charge on any atom is -0.448 e. The van der Waals surface area contributed by atoms with Crippen molar-refractivity contribution in [3.05, 3.63) is 58.3 Å². The van der Waals surface area contributed by atoms with Gasteiger partial charge in [-0.05, 0) is 66.9 Å². The molecular weight excluding hydrogens is 265 g/mol. The van der Waals surface area contributed by atoms with E-state index in [0.29, 0.717) is 11.0 Å². The number of rotatable bonds is 5. The fourth-order valence-corrected chi connectivity index (χ4v) is 2.24. The molecule has 0 spiro atoms. The van der Waals surface area contributed by atoms with Crippen molar-refractivity contribution >= 4 is 11.6 Å². The van der Waals surface area contributed by atoms with Crippen LogP contribution < -0.4 is 5.32 Å². The van der Waals surface area contributed by atoms with E-state index in [2.05, 4.69) is 12.2 Å². The van der Waals surface area contributed by atoms with Gasteiger partial charge in [0.05, 0.1) is 6.04 Å². The van der Waals surface area contributed by atoms with Crippen LogP contribution in [-0.4, -0.2) is 6.54 Å². The first kappa shape index (κ1) is 14.1. The molecule has 0 saturated heterocycles. The summed E-state index contributed by atoms with van der Waals surface area (Å²) in [5.74, 6) is 0.458. The fraction of sp³-hybridized carbons (Fsp3) is 0.333. The van der Waals surface area contributed by atoms with Gasteiger partial charge in [-0.15, -0.1) is 0 Å². The Morgan fingerprint density at radius 1 is 1.32 bits per heavy atom. The molecule has 0 amide bonds. The third kappa shape index (κ3) is 3.58.